The summed E-state index contributed by atoms with van der Waals surface area (Å²) in [6.07, 6.45) is 0. The number of carboxylic acids is 1. The van der Waals surface area contributed by atoms with E-state index in [4.69, 9.17) is 34.8 Å². The Morgan fingerprint density at radius 1 is 1.04 bits per heavy atom. The zero-order valence-corrected chi connectivity index (χ0v) is 13.9. The van der Waals surface area contributed by atoms with Gasteiger partial charge in [0.05, 0.1) is 0 Å². The van der Waals surface area contributed by atoms with Crippen LogP contribution in [-0.4, -0.2) is 22.0 Å². The average Bonchev–Trinajstić information content (AvgIpc) is 2.55. The van der Waals surface area contributed by atoms with Crippen LogP contribution in [-0.2, 0) is 4.79 Å². The first kappa shape index (κ1) is 17.6. The lowest BCUT2D eigenvalue weighted by molar-refractivity contribution is -0.141. The fourth-order valence-corrected chi connectivity index (χ4v) is 2.54. The van der Waals surface area contributed by atoms with Crippen molar-refractivity contribution in [2.24, 2.45) is 0 Å². The fraction of sp³-hybridized carbons (Fsp3) is 0.125. The van der Waals surface area contributed by atoms with Gasteiger partial charge in [-0.1, -0.05) is 53.5 Å². The van der Waals surface area contributed by atoms with Crippen LogP contribution >= 0.6 is 34.8 Å². The molecule has 0 aliphatic heterocycles. The van der Waals surface area contributed by atoms with Crippen LogP contribution in [0.25, 0.3) is 0 Å². The third-order valence-electron chi connectivity index (χ3n) is 3.15. The summed E-state index contributed by atoms with van der Waals surface area (Å²) in [7, 11) is 0. The van der Waals surface area contributed by atoms with Crippen LogP contribution in [0.3, 0.4) is 0 Å². The molecule has 0 radical (unpaired) electrons. The summed E-state index contributed by atoms with van der Waals surface area (Å²) >= 11 is 18.2. The second-order valence-corrected chi connectivity index (χ2v) is 6.22. The van der Waals surface area contributed by atoms with Crippen molar-refractivity contribution in [3.05, 3.63) is 70.7 Å². The summed E-state index contributed by atoms with van der Waals surface area (Å²) < 4.78 is 0. The number of benzene rings is 2. The first-order valence-corrected chi connectivity index (χ1v) is 7.73. The lowest BCUT2D eigenvalue weighted by Crippen LogP contribution is -2.53. The van der Waals surface area contributed by atoms with Gasteiger partial charge < -0.3 is 10.4 Å². The van der Waals surface area contributed by atoms with E-state index in [1.807, 2.05) is 0 Å². The highest BCUT2D eigenvalue weighted by Crippen LogP contribution is 2.36. The first-order valence-electron chi connectivity index (χ1n) is 6.54. The van der Waals surface area contributed by atoms with E-state index in [0.29, 0.717) is 10.6 Å². The van der Waals surface area contributed by atoms with Gasteiger partial charge in [0, 0.05) is 10.6 Å². The Kier molecular flexibility index (Phi) is 5.52. The molecule has 0 aliphatic rings. The maximum atomic E-state index is 12.2. The largest absolute Gasteiger partial charge is 0.479 e. The smallest absolute Gasteiger partial charge is 0.347 e. The zero-order valence-electron chi connectivity index (χ0n) is 11.7. The van der Waals surface area contributed by atoms with Crippen LogP contribution < -0.4 is 5.32 Å². The molecule has 7 heteroatoms. The predicted molar refractivity (Wildman–Crippen MR) is 90.2 cm³/mol. The monoisotopic (exact) mass is 371 g/mol. The molecule has 0 fully saturated rings. The number of hydrogen-bond acceptors (Lipinski definition) is 2. The topological polar surface area (TPSA) is 66.4 Å². The summed E-state index contributed by atoms with van der Waals surface area (Å²) in [6, 6.07) is 14.4. The number of halogens is 3. The average molecular weight is 373 g/mol. The van der Waals surface area contributed by atoms with Crippen LogP contribution in [0.4, 0.5) is 0 Å². The van der Waals surface area contributed by atoms with Crippen LogP contribution in [0.2, 0.25) is 5.02 Å². The van der Waals surface area contributed by atoms with E-state index in [9.17, 15) is 14.7 Å². The molecule has 2 N–H and O–H groups in total. The molecule has 0 bridgehead atoms. The quantitative estimate of drug-likeness (QED) is 0.614. The van der Waals surface area contributed by atoms with Crippen molar-refractivity contribution in [2.75, 3.05) is 0 Å². The number of aliphatic carboxylic acids is 1. The normalized spacial score (nSPS) is 14.6. The van der Waals surface area contributed by atoms with E-state index in [-0.39, 0.29) is 5.56 Å². The minimum Gasteiger partial charge on any atom is -0.479 e. The van der Waals surface area contributed by atoms with Crippen LogP contribution in [0.15, 0.2) is 54.6 Å². The second-order valence-electron chi connectivity index (χ2n) is 4.75. The van der Waals surface area contributed by atoms with Crippen LogP contribution in [0, 0.1) is 0 Å². The molecule has 0 aromatic heterocycles. The Hall–Kier alpha value is -1.75. The van der Waals surface area contributed by atoms with Crippen molar-refractivity contribution < 1.29 is 14.7 Å². The number of carbonyl (C=O) groups excluding carboxylic acids is 1. The van der Waals surface area contributed by atoms with Gasteiger partial charge in [0.1, 0.15) is 5.38 Å². The van der Waals surface area contributed by atoms with Gasteiger partial charge in [0.15, 0.2) is 0 Å². The molecule has 0 spiro atoms. The number of alkyl halides is 2. The molecule has 23 heavy (non-hydrogen) atoms. The van der Waals surface area contributed by atoms with Gasteiger partial charge in [0.2, 0.25) is 5.00 Å². The van der Waals surface area contributed by atoms with Gasteiger partial charge in [-0.25, -0.2) is 4.79 Å². The molecule has 120 valence electrons. The predicted octanol–water partition coefficient (Wildman–Crippen LogP) is 4.07. The van der Waals surface area contributed by atoms with Crippen molar-refractivity contribution in [1.82, 2.24) is 5.32 Å². The standard InChI is InChI=1S/C16H12Cl3NO3/c17-12-8-6-10(7-9-12)13(18)16(19,15(22)23)20-14(21)11-4-2-1-3-5-11/h1-9,13H,(H,20,21)(H,22,23). The minimum atomic E-state index is -2.21. The third kappa shape index (κ3) is 3.96. The molecule has 2 aromatic carbocycles. The molecule has 0 saturated heterocycles. The maximum Gasteiger partial charge on any atom is 0.347 e. The fourth-order valence-electron chi connectivity index (χ4n) is 1.91. The Labute approximate surface area is 148 Å². The number of carboxylic acid groups (broad SMARTS) is 1. The Morgan fingerprint density at radius 2 is 1.61 bits per heavy atom. The molecule has 4 nitrogen and oxygen atoms in total. The first-order chi connectivity index (χ1) is 10.8. The lowest BCUT2D eigenvalue weighted by Gasteiger charge is -2.28. The second kappa shape index (κ2) is 7.21. The van der Waals surface area contributed by atoms with E-state index < -0.39 is 22.3 Å². The molecule has 2 atom stereocenters. The number of amides is 1. The lowest BCUT2D eigenvalue weighted by atomic mass is 10.0. The molecule has 0 heterocycles. The summed E-state index contributed by atoms with van der Waals surface area (Å²) in [5.74, 6) is -2.10. The van der Waals surface area contributed by atoms with Crippen LogP contribution in [0.1, 0.15) is 21.3 Å². The Morgan fingerprint density at radius 3 is 2.13 bits per heavy atom. The third-order valence-corrected chi connectivity index (χ3v) is 4.57. The van der Waals surface area contributed by atoms with Gasteiger partial charge in [-0.3, -0.25) is 4.79 Å². The van der Waals surface area contributed by atoms with Gasteiger partial charge in [-0.05, 0) is 29.8 Å². The number of rotatable bonds is 5. The molecule has 1 amide bonds. The molecule has 0 saturated carbocycles. The van der Waals surface area contributed by atoms with E-state index in [2.05, 4.69) is 5.32 Å². The van der Waals surface area contributed by atoms with Gasteiger partial charge >= 0.3 is 5.97 Å². The van der Waals surface area contributed by atoms with E-state index >= 15 is 0 Å². The Bertz CT molecular complexity index is 706. The molecular formula is C16H12Cl3NO3. The van der Waals surface area contributed by atoms with Gasteiger partial charge in [-0.15, -0.1) is 11.6 Å². The van der Waals surface area contributed by atoms with Crippen molar-refractivity contribution >= 4 is 46.7 Å². The summed E-state index contributed by atoms with van der Waals surface area (Å²) in [5, 5.41) is 11.0. The molecule has 2 aromatic rings. The highest BCUT2D eigenvalue weighted by Gasteiger charge is 2.46. The Balaban J connectivity index is 2.30. The minimum absolute atomic E-state index is 0.277. The van der Waals surface area contributed by atoms with Crippen LogP contribution in [0.5, 0.6) is 0 Å². The zero-order chi connectivity index (χ0) is 17.0. The summed E-state index contributed by atoms with van der Waals surface area (Å²) in [4.78, 5) is 21.6. The van der Waals surface area contributed by atoms with Crippen molar-refractivity contribution in [3.63, 3.8) is 0 Å². The maximum absolute atomic E-state index is 12.2. The highest BCUT2D eigenvalue weighted by atomic mass is 35.5. The summed E-state index contributed by atoms with van der Waals surface area (Å²) in [5.41, 5.74) is 0.695. The molecule has 2 unspecified atom stereocenters. The highest BCUT2D eigenvalue weighted by molar-refractivity contribution is 6.41. The van der Waals surface area contributed by atoms with E-state index in [1.165, 1.54) is 0 Å². The summed E-state index contributed by atoms with van der Waals surface area (Å²) in [6.45, 7) is 0. The van der Waals surface area contributed by atoms with Crippen molar-refractivity contribution in [3.8, 4) is 0 Å². The molecule has 0 aliphatic carbocycles. The van der Waals surface area contributed by atoms with Gasteiger partial charge in [-0.2, -0.15) is 0 Å². The number of nitrogens with one attached hydrogen (secondary N) is 1. The number of carbonyl (C=O) groups is 2. The van der Waals surface area contributed by atoms with Crippen molar-refractivity contribution in [2.45, 2.75) is 10.4 Å². The molecule has 2 rings (SSSR count). The van der Waals surface area contributed by atoms with Gasteiger partial charge in [0.25, 0.3) is 5.91 Å². The van der Waals surface area contributed by atoms with E-state index in [1.54, 1.807) is 54.6 Å². The van der Waals surface area contributed by atoms with E-state index in [0.717, 1.165) is 0 Å². The number of hydrogen-bond donors (Lipinski definition) is 2. The van der Waals surface area contributed by atoms with Crippen molar-refractivity contribution in [1.29, 1.82) is 0 Å². The molecular weight excluding hydrogens is 361 g/mol. The SMILES string of the molecule is O=C(NC(Cl)(C(=O)O)C(Cl)c1ccc(Cl)cc1)c1ccccc1.